The summed E-state index contributed by atoms with van der Waals surface area (Å²) in [5, 5.41) is 0.136. The number of hydrogen-bond donors (Lipinski definition) is 1. The zero-order chi connectivity index (χ0) is 14.9. The summed E-state index contributed by atoms with van der Waals surface area (Å²) in [6.07, 6.45) is 1.17. The standard InChI is InChI=1S/C12H14Cl2N2O3S/c13-9-4-1-5-10(14)11(9)20(18,19)16-6-2-3-8(7-16)12(15)17/h1,4-5,8H,2-3,6-7H2,(H2,15,17). The Morgan fingerprint density at radius 1 is 1.30 bits per heavy atom. The molecule has 2 N–H and O–H groups in total. The largest absolute Gasteiger partial charge is 0.369 e. The van der Waals surface area contributed by atoms with E-state index in [1.807, 2.05) is 0 Å². The van der Waals surface area contributed by atoms with Crippen LogP contribution in [0.25, 0.3) is 0 Å². The summed E-state index contributed by atoms with van der Waals surface area (Å²) in [6.45, 7) is 0.396. The number of carbonyl (C=O) groups excluding carboxylic acids is 1. The van der Waals surface area contributed by atoms with Gasteiger partial charge in [0.2, 0.25) is 15.9 Å². The highest BCUT2D eigenvalue weighted by Crippen LogP contribution is 2.33. The number of primary amides is 1. The first kappa shape index (κ1) is 15.6. The summed E-state index contributed by atoms with van der Waals surface area (Å²) >= 11 is 11.9. The second-order valence-electron chi connectivity index (χ2n) is 4.66. The van der Waals surface area contributed by atoms with Crippen LogP contribution in [0.5, 0.6) is 0 Å². The van der Waals surface area contributed by atoms with Crippen molar-refractivity contribution in [1.82, 2.24) is 4.31 Å². The van der Waals surface area contributed by atoms with Crippen LogP contribution in [-0.4, -0.2) is 31.7 Å². The SMILES string of the molecule is NC(=O)C1CCCN(S(=O)(=O)c2c(Cl)cccc2Cl)C1. The van der Waals surface area contributed by atoms with Gasteiger partial charge in [0, 0.05) is 13.1 Å². The van der Waals surface area contributed by atoms with Crippen molar-refractivity contribution >= 4 is 39.1 Å². The molecule has 1 unspecified atom stereocenters. The monoisotopic (exact) mass is 336 g/mol. The second kappa shape index (κ2) is 5.89. The van der Waals surface area contributed by atoms with Gasteiger partial charge in [0.15, 0.2) is 0 Å². The van der Waals surface area contributed by atoms with Crippen molar-refractivity contribution < 1.29 is 13.2 Å². The lowest BCUT2D eigenvalue weighted by Crippen LogP contribution is -2.44. The van der Waals surface area contributed by atoms with Crippen LogP contribution < -0.4 is 5.73 Å². The van der Waals surface area contributed by atoms with Crippen LogP contribution in [-0.2, 0) is 14.8 Å². The smallest absolute Gasteiger partial charge is 0.246 e. The second-order valence-corrected chi connectivity index (χ2v) is 7.34. The predicted octanol–water partition coefficient (Wildman–Crippen LogP) is 1.88. The first-order valence-electron chi connectivity index (χ1n) is 6.07. The topological polar surface area (TPSA) is 80.5 Å². The molecule has 20 heavy (non-hydrogen) atoms. The van der Waals surface area contributed by atoms with Gasteiger partial charge in [-0.3, -0.25) is 4.79 Å². The molecule has 1 heterocycles. The number of piperidine rings is 1. The number of nitrogens with two attached hydrogens (primary N) is 1. The van der Waals surface area contributed by atoms with E-state index in [1.165, 1.54) is 16.4 Å². The average Bonchev–Trinajstić information content (AvgIpc) is 2.38. The number of sulfonamides is 1. The van der Waals surface area contributed by atoms with Crippen LogP contribution >= 0.6 is 23.2 Å². The van der Waals surface area contributed by atoms with Gasteiger partial charge >= 0.3 is 0 Å². The lowest BCUT2D eigenvalue weighted by molar-refractivity contribution is -0.122. The Kier molecular flexibility index (Phi) is 4.59. The molecule has 5 nitrogen and oxygen atoms in total. The van der Waals surface area contributed by atoms with Gasteiger partial charge in [-0.25, -0.2) is 8.42 Å². The number of hydrogen-bond acceptors (Lipinski definition) is 3. The lowest BCUT2D eigenvalue weighted by Gasteiger charge is -2.30. The Morgan fingerprint density at radius 2 is 1.90 bits per heavy atom. The van der Waals surface area contributed by atoms with Crippen molar-refractivity contribution in [2.75, 3.05) is 13.1 Å². The van der Waals surface area contributed by atoms with Crippen molar-refractivity contribution in [3.05, 3.63) is 28.2 Å². The highest BCUT2D eigenvalue weighted by Gasteiger charge is 2.34. The fourth-order valence-corrected chi connectivity index (χ4v) is 4.87. The van der Waals surface area contributed by atoms with E-state index in [-0.39, 0.29) is 21.5 Å². The molecule has 110 valence electrons. The molecule has 1 aliphatic rings. The van der Waals surface area contributed by atoms with E-state index in [4.69, 9.17) is 28.9 Å². The van der Waals surface area contributed by atoms with Crippen molar-refractivity contribution in [2.24, 2.45) is 11.7 Å². The minimum Gasteiger partial charge on any atom is -0.369 e. The Bertz CT molecular complexity index is 613. The summed E-state index contributed by atoms with van der Waals surface area (Å²) in [7, 11) is -3.83. The zero-order valence-corrected chi connectivity index (χ0v) is 12.9. The van der Waals surface area contributed by atoms with Gasteiger partial charge in [-0.2, -0.15) is 4.31 Å². The summed E-state index contributed by atoms with van der Waals surface area (Å²) in [5.41, 5.74) is 5.26. The third kappa shape index (κ3) is 2.93. The van der Waals surface area contributed by atoms with E-state index in [0.29, 0.717) is 19.4 Å². The van der Waals surface area contributed by atoms with E-state index < -0.39 is 21.8 Å². The van der Waals surface area contributed by atoms with E-state index in [0.717, 1.165) is 0 Å². The lowest BCUT2D eigenvalue weighted by atomic mass is 9.99. The number of halogens is 2. The molecule has 2 rings (SSSR count). The summed E-state index contributed by atoms with van der Waals surface area (Å²) < 4.78 is 26.4. The zero-order valence-electron chi connectivity index (χ0n) is 10.6. The van der Waals surface area contributed by atoms with Crippen LogP contribution in [0.1, 0.15) is 12.8 Å². The predicted molar refractivity (Wildman–Crippen MR) is 77.1 cm³/mol. The number of nitrogens with zero attached hydrogens (tertiary/aromatic N) is 1. The molecule has 8 heteroatoms. The molecule has 1 saturated heterocycles. The van der Waals surface area contributed by atoms with Crippen LogP contribution in [0.4, 0.5) is 0 Å². The Morgan fingerprint density at radius 3 is 2.45 bits per heavy atom. The van der Waals surface area contributed by atoms with Crippen molar-refractivity contribution in [1.29, 1.82) is 0 Å². The van der Waals surface area contributed by atoms with Crippen molar-refractivity contribution in [3.63, 3.8) is 0 Å². The van der Waals surface area contributed by atoms with Crippen molar-refractivity contribution in [2.45, 2.75) is 17.7 Å². The molecule has 0 saturated carbocycles. The van der Waals surface area contributed by atoms with Gasteiger partial charge in [-0.1, -0.05) is 29.3 Å². The number of carbonyl (C=O) groups is 1. The highest BCUT2D eigenvalue weighted by atomic mass is 35.5. The van der Waals surface area contributed by atoms with E-state index in [2.05, 4.69) is 0 Å². The first-order valence-corrected chi connectivity index (χ1v) is 8.27. The third-order valence-corrected chi connectivity index (χ3v) is 6.12. The molecule has 1 atom stereocenters. The van der Waals surface area contributed by atoms with Crippen LogP contribution in [0.15, 0.2) is 23.1 Å². The van der Waals surface area contributed by atoms with Gasteiger partial charge in [0.05, 0.1) is 16.0 Å². The highest BCUT2D eigenvalue weighted by molar-refractivity contribution is 7.89. The van der Waals surface area contributed by atoms with Crippen LogP contribution in [0.3, 0.4) is 0 Å². The van der Waals surface area contributed by atoms with Gasteiger partial charge in [-0.05, 0) is 25.0 Å². The molecule has 1 aliphatic heterocycles. The molecule has 1 aromatic carbocycles. The van der Waals surface area contributed by atoms with Gasteiger partial charge in [0.1, 0.15) is 4.90 Å². The Balaban J connectivity index is 2.38. The minimum absolute atomic E-state index is 0.0682. The molecular formula is C12H14Cl2N2O3S. The number of benzene rings is 1. The maximum Gasteiger partial charge on any atom is 0.246 e. The molecule has 0 aromatic heterocycles. The summed E-state index contributed by atoms with van der Waals surface area (Å²) in [4.78, 5) is 11.1. The van der Waals surface area contributed by atoms with Gasteiger partial charge in [-0.15, -0.1) is 0 Å². The molecule has 1 fully saturated rings. The number of amides is 1. The molecular weight excluding hydrogens is 323 g/mol. The average molecular weight is 337 g/mol. The van der Waals surface area contributed by atoms with E-state index >= 15 is 0 Å². The Labute approximate surface area is 127 Å². The van der Waals surface area contributed by atoms with Gasteiger partial charge in [0.25, 0.3) is 0 Å². The fraction of sp³-hybridized carbons (Fsp3) is 0.417. The minimum atomic E-state index is -3.83. The Hall–Kier alpha value is -0.820. The number of rotatable bonds is 3. The summed E-state index contributed by atoms with van der Waals surface area (Å²) in [5.74, 6) is -0.963. The van der Waals surface area contributed by atoms with Crippen molar-refractivity contribution in [3.8, 4) is 0 Å². The van der Waals surface area contributed by atoms with E-state index in [9.17, 15) is 13.2 Å². The summed E-state index contributed by atoms with van der Waals surface area (Å²) in [6, 6.07) is 4.51. The van der Waals surface area contributed by atoms with Crippen LogP contribution in [0, 0.1) is 5.92 Å². The maximum atomic E-state index is 12.6. The first-order chi connectivity index (χ1) is 9.34. The molecule has 0 radical (unpaired) electrons. The van der Waals surface area contributed by atoms with E-state index in [1.54, 1.807) is 6.07 Å². The molecule has 1 aromatic rings. The third-order valence-electron chi connectivity index (χ3n) is 3.30. The quantitative estimate of drug-likeness (QED) is 0.914. The fourth-order valence-electron chi connectivity index (χ4n) is 2.25. The normalized spacial score (nSPS) is 20.8. The van der Waals surface area contributed by atoms with Gasteiger partial charge < -0.3 is 5.73 Å². The molecule has 0 aliphatic carbocycles. The molecule has 1 amide bonds. The molecule has 0 bridgehead atoms. The maximum absolute atomic E-state index is 12.6. The molecule has 0 spiro atoms. The van der Waals surface area contributed by atoms with Crippen LogP contribution in [0.2, 0.25) is 10.0 Å².